The molecule has 3 N–H and O–H groups in total. The Labute approximate surface area is 161 Å². The topological polar surface area (TPSA) is 101 Å². The summed E-state index contributed by atoms with van der Waals surface area (Å²) in [7, 11) is 0. The van der Waals surface area contributed by atoms with Crippen LogP contribution in [0.15, 0.2) is 54.0 Å². The minimum absolute atomic E-state index is 0.240. The number of nitrogens with one attached hydrogen (secondary N) is 1. The smallest absolute Gasteiger partial charge is 0.271 e. The summed E-state index contributed by atoms with van der Waals surface area (Å²) in [5.41, 5.74) is 9.84. The van der Waals surface area contributed by atoms with Crippen LogP contribution in [0.25, 0.3) is 10.4 Å². The first-order valence-electron chi connectivity index (χ1n) is 8.35. The summed E-state index contributed by atoms with van der Waals surface area (Å²) >= 11 is 1.40. The van der Waals surface area contributed by atoms with Gasteiger partial charge in [0.15, 0.2) is 0 Å². The lowest BCUT2D eigenvalue weighted by atomic mass is 10.1. The van der Waals surface area contributed by atoms with Crippen molar-refractivity contribution in [3.8, 4) is 22.3 Å². The molecule has 0 aliphatic carbocycles. The van der Waals surface area contributed by atoms with Gasteiger partial charge < -0.3 is 15.8 Å². The number of hydrogen-bond donors (Lipinski definition) is 2. The summed E-state index contributed by atoms with van der Waals surface area (Å²) in [6, 6.07) is 16.9. The summed E-state index contributed by atoms with van der Waals surface area (Å²) in [5.74, 6) is 0.438. The molecule has 0 saturated heterocycles. The van der Waals surface area contributed by atoms with Gasteiger partial charge in [0.05, 0.1) is 22.0 Å². The molecule has 0 spiro atoms. The Kier molecular flexibility index (Phi) is 6.15. The molecule has 0 saturated carbocycles. The molecule has 2 aromatic carbocycles. The van der Waals surface area contributed by atoms with Crippen LogP contribution in [0.1, 0.15) is 21.6 Å². The second-order valence-corrected chi connectivity index (χ2v) is 6.56. The van der Waals surface area contributed by atoms with Gasteiger partial charge in [-0.2, -0.15) is 5.26 Å². The van der Waals surface area contributed by atoms with Crippen LogP contribution in [0.5, 0.6) is 5.75 Å². The van der Waals surface area contributed by atoms with E-state index in [0.29, 0.717) is 36.7 Å². The third-order valence-electron chi connectivity index (χ3n) is 3.77. The van der Waals surface area contributed by atoms with Crippen LogP contribution in [0.3, 0.4) is 0 Å². The predicted octanol–water partition coefficient (Wildman–Crippen LogP) is 2.95. The SMILES string of the molecule is N#Cc1cccc(COc2cccc(-c3scnc3C(=O)NCCN)c2)c1. The predicted molar refractivity (Wildman–Crippen MR) is 104 cm³/mol. The van der Waals surface area contributed by atoms with Crippen molar-refractivity contribution in [2.45, 2.75) is 6.61 Å². The molecule has 6 nitrogen and oxygen atoms in total. The fraction of sp³-hybridized carbons (Fsp3) is 0.150. The van der Waals surface area contributed by atoms with E-state index >= 15 is 0 Å². The maximum atomic E-state index is 12.2. The number of thiazole rings is 1. The number of nitriles is 1. The Balaban J connectivity index is 1.75. The Bertz CT molecular complexity index is 978. The average Bonchev–Trinajstić information content (AvgIpc) is 3.21. The molecule has 0 unspecified atom stereocenters. The van der Waals surface area contributed by atoms with Crippen molar-refractivity contribution in [3.05, 3.63) is 70.9 Å². The van der Waals surface area contributed by atoms with Gasteiger partial charge in [0.1, 0.15) is 18.1 Å². The highest BCUT2D eigenvalue weighted by Crippen LogP contribution is 2.30. The van der Waals surface area contributed by atoms with Crippen LogP contribution in [0.4, 0.5) is 0 Å². The van der Waals surface area contributed by atoms with Crippen molar-refractivity contribution < 1.29 is 9.53 Å². The number of aromatic nitrogens is 1. The van der Waals surface area contributed by atoms with Gasteiger partial charge in [0, 0.05) is 13.1 Å². The van der Waals surface area contributed by atoms with Crippen molar-refractivity contribution in [1.82, 2.24) is 10.3 Å². The van der Waals surface area contributed by atoms with Gasteiger partial charge in [0.25, 0.3) is 5.91 Å². The molecule has 0 atom stereocenters. The maximum Gasteiger partial charge on any atom is 0.271 e. The Morgan fingerprint density at radius 1 is 1.26 bits per heavy atom. The molecule has 3 aromatic rings. The highest BCUT2D eigenvalue weighted by atomic mass is 32.1. The van der Waals surface area contributed by atoms with E-state index in [-0.39, 0.29) is 5.91 Å². The summed E-state index contributed by atoms with van der Waals surface area (Å²) in [6.45, 7) is 1.13. The average molecular weight is 378 g/mol. The molecule has 0 fully saturated rings. The Morgan fingerprint density at radius 2 is 2.11 bits per heavy atom. The van der Waals surface area contributed by atoms with Crippen LogP contribution < -0.4 is 15.8 Å². The first-order chi connectivity index (χ1) is 13.2. The fourth-order valence-corrected chi connectivity index (χ4v) is 3.29. The highest BCUT2D eigenvalue weighted by Gasteiger charge is 2.16. The van der Waals surface area contributed by atoms with Crippen molar-refractivity contribution in [3.63, 3.8) is 0 Å². The number of carbonyl (C=O) groups excluding carboxylic acids is 1. The Morgan fingerprint density at radius 3 is 2.93 bits per heavy atom. The molecule has 1 aromatic heterocycles. The van der Waals surface area contributed by atoms with Crippen molar-refractivity contribution in [2.24, 2.45) is 5.73 Å². The van der Waals surface area contributed by atoms with Gasteiger partial charge in [-0.1, -0.05) is 24.3 Å². The van der Waals surface area contributed by atoms with Crippen LogP contribution in [-0.2, 0) is 6.61 Å². The van der Waals surface area contributed by atoms with Gasteiger partial charge in [-0.15, -0.1) is 11.3 Å². The monoisotopic (exact) mass is 378 g/mol. The molecule has 1 heterocycles. The molecule has 3 rings (SSSR count). The fourth-order valence-electron chi connectivity index (χ4n) is 2.51. The van der Waals surface area contributed by atoms with E-state index in [1.54, 1.807) is 17.6 Å². The first kappa shape index (κ1) is 18.6. The van der Waals surface area contributed by atoms with Gasteiger partial charge in [-0.25, -0.2) is 4.98 Å². The van der Waals surface area contributed by atoms with E-state index < -0.39 is 0 Å². The second kappa shape index (κ2) is 8.94. The molecule has 136 valence electrons. The van der Waals surface area contributed by atoms with Gasteiger partial charge >= 0.3 is 0 Å². The lowest BCUT2D eigenvalue weighted by molar-refractivity contribution is 0.0951. The normalized spacial score (nSPS) is 10.2. The third-order valence-corrected chi connectivity index (χ3v) is 4.65. The van der Waals surface area contributed by atoms with E-state index in [0.717, 1.165) is 16.0 Å². The van der Waals surface area contributed by atoms with Crippen LogP contribution in [0, 0.1) is 11.3 Å². The lowest BCUT2D eigenvalue weighted by Gasteiger charge is -2.09. The largest absolute Gasteiger partial charge is 0.489 e. The number of ether oxygens (including phenoxy) is 1. The zero-order chi connectivity index (χ0) is 19.1. The number of hydrogen-bond acceptors (Lipinski definition) is 6. The van der Waals surface area contributed by atoms with E-state index in [9.17, 15) is 4.79 Å². The molecular weight excluding hydrogens is 360 g/mol. The molecule has 7 heteroatoms. The number of rotatable bonds is 7. The minimum Gasteiger partial charge on any atom is -0.489 e. The number of amides is 1. The van der Waals surface area contributed by atoms with Crippen LogP contribution in [0.2, 0.25) is 0 Å². The quantitative estimate of drug-likeness (QED) is 0.658. The van der Waals surface area contributed by atoms with Gasteiger partial charge in [0.2, 0.25) is 0 Å². The van der Waals surface area contributed by atoms with Gasteiger partial charge in [-0.05, 0) is 35.4 Å². The van der Waals surface area contributed by atoms with Crippen molar-refractivity contribution in [1.29, 1.82) is 5.26 Å². The molecule has 0 aliphatic rings. The summed E-state index contributed by atoms with van der Waals surface area (Å²) in [6.07, 6.45) is 0. The van der Waals surface area contributed by atoms with Crippen molar-refractivity contribution in [2.75, 3.05) is 13.1 Å². The third kappa shape index (κ3) is 4.70. The highest BCUT2D eigenvalue weighted by molar-refractivity contribution is 7.13. The lowest BCUT2D eigenvalue weighted by Crippen LogP contribution is -2.29. The number of nitrogens with two attached hydrogens (primary N) is 1. The zero-order valence-electron chi connectivity index (χ0n) is 14.5. The van der Waals surface area contributed by atoms with E-state index in [1.165, 1.54) is 11.3 Å². The number of carbonyl (C=O) groups is 1. The molecule has 27 heavy (non-hydrogen) atoms. The molecule has 1 amide bonds. The first-order valence-corrected chi connectivity index (χ1v) is 9.23. The maximum absolute atomic E-state index is 12.2. The zero-order valence-corrected chi connectivity index (χ0v) is 15.3. The second-order valence-electron chi connectivity index (χ2n) is 5.70. The molecular formula is C20H18N4O2S. The van der Waals surface area contributed by atoms with Gasteiger partial charge in [-0.3, -0.25) is 4.79 Å². The standard InChI is InChI=1S/C20H18N4O2S/c21-7-8-23-20(25)18-19(27-13-24-18)16-5-2-6-17(10-16)26-12-15-4-1-3-14(9-15)11-22/h1-6,9-10,13H,7-8,12,21H2,(H,23,25). The summed E-state index contributed by atoms with van der Waals surface area (Å²) in [5, 5.41) is 11.7. The summed E-state index contributed by atoms with van der Waals surface area (Å²) < 4.78 is 5.85. The van der Waals surface area contributed by atoms with Crippen LogP contribution >= 0.6 is 11.3 Å². The van der Waals surface area contributed by atoms with E-state index in [2.05, 4.69) is 16.4 Å². The number of benzene rings is 2. The molecule has 0 aliphatic heterocycles. The molecule has 0 bridgehead atoms. The van der Waals surface area contributed by atoms with E-state index in [1.807, 2.05) is 36.4 Å². The summed E-state index contributed by atoms with van der Waals surface area (Å²) in [4.78, 5) is 17.2. The Hall–Kier alpha value is -3.21. The minimum atomic E-state index is -0.240. The number of nitrogens with zero attached hydrogens (tertiary/aromatic N) is 2. The molecule has 0 radical (unpaired) electrons. The van der Waals surface area contributed by atoms with Crippen LogP contribution in [-0.4, -0.2) is 24.0 Å². The van der Waals surface area contributed by atoms with Crippen molar-refractivity contribution >= 4 is 17.2 Å². The van der Waals surface area contributed by atoms with E-state index in [4.69, 9.17) is 15.7 Å².